The quantitative estimate of drug-likeness (QED) is 0.192. The van der Waals surface area contributed by atoms with Crippen molar-refractivity contribution < 1.29 is 29.4 Å². The first-order valence-electron chi connectivity index (χ1n) is 12.5. The van der Waals surface area contributed by atoms with Crippen molar-refractivity contribution in [3.8, 4) is 0 Å². The van der Waals surface area contributed by atoms with Crippen LogP contribution in [-0.4, -0.2) is 69.7 Å². The number of hydrogen-bond donors (Lipinski definition) is 7. The Morgan fingerprint density at radius 2 is 1.54 bits per heavy atom. The predicted octanol–water partition coefficient (Wildman–Crippen LogP) is 0.661. The normalized spacial score (nSPS) is 15.4. The molecule has 1 aromatic heterocycles. The van der Waals surface area contributed by atoms with Crippen molar-refractivity contribution in [3.63, 3.8) is 0 Å². The number of carbonyl (C=O) groups excluding carboxylic acids is 3. The number of fused-ring (bicyclic) bond motifs is 1. The number of carboxylic acids is 1. The van der Waals surface area contributed by atoms with Gasteiger partial charge in [0.05, 0.1) is 12.6 Å². The molecule has 2 rings (SSSR count). The van der Waals surface area contributed by atoms with Gasteiger partial charge in [0.25, 0.3) is 0 Å². The van der Waals surface area contributed by atoms with Gasteiger partial charge in [0.2, 0.25) is 17.7 Å². The van der Waals surface area contributed by atoms with E-state index in [2.05, 4.69) is 20.9 Å². The molecule has 8 N–H and O–H groups in total. The second kappa shape index (κ2) is 13.8. The number of aliphatic hydroxyl groups is 1. The number of carbonyl (C=O) groups is 4. The molecule has 3 amide bonds. The number of amides is 3. The molecule has 5 unspecified atom stereocenters. The molecule has 0 radical (unpaired) electrons. The molecule has 5 atom stereocenters. The first-order valence-corrected chi connectivity index (χ1v) is 12.5. The van der Waals surface area contributed by atoms with E-state index in [1.807, 2.05) is 52.0 Å². The summed E-state index contributed by atoms with van der Waals surface area (Å²) in [6.45, 7) is 6.73. The van der Waals surface area contributed by atoms with Crippen LogP contribution in [0.4, 0.5) is 0 Å². The molecule has 0 bridgehead atoms. The predicted molar refractivity (Wildman–Crippen MR) is 139 cm³/mol. The Kier molecular flexibility index (Phi) is 11.1. The number of nitrogens with two attached hydrogens (primary N) is 1. The van der Waals surface area contributed by atoms with Gasteiger partial charge in [0.1, 0.15) is 18.1 Å². The molecule has 1 heterocycles. The molecule has 0 fully saturated rings. The van der Waals surface area contributed by atoms with E-state index < -0.39 is 54.5 Å². The van der Waals surface area contributed by atoms with Crippen LogP contribution in [0, 0.1) is 11.8 Å². The first-order chi connectivity index (χ1) is 17.5. The average Bonchev–Trinajstić information content (AvgIpc) is 3.27. The number of hydrogen-bond acceptors (Lipinski definition) is 6. The Hall–Kier alpha value is -3.44. The number of aromatic amines is 1. The summed E-state index contributed by atoms with van der Waals surface area (Å²) in [5, 5.41) is 27.8. The average molecular weight is 518 g/mol. The van der Waals surface area contributed by atoms with E-state index in [1.54, 1.807) is 6.20 Å². The van der Waals surface area contributed by atoms with Crippen LogP contribution >= 0.6 is 0 Å². The lowest BCUT2D eigenvalue weighted by Gasteiger charge is -2.26. The van der Waals surface area contributed by atoms with Crippen LogP contribution in [0.3, 0.4) is 0 Å². The monoisotopic (exact) mass is 517 g/mol. The van der Waals surface area contributed by atoms with Gasteiger partial charge in [0.15, 0.2) is 0 Å². The third kappa shape index (κ3) is 8.29. The Bertz CT molecular complexity index is 1080. The molecule has 0 saturated carbocycles. The van der Waals surface area contributed by atoms with E-state index in [-0.39, 0.29) is 24.7 Å². The molecule has 0 aliphatic rings. The highest BCUT2D eigenvalue weighted by Gasteiger charge is 2.31. The lowest BCUT2D eigenvalue weighted by molar-refractivity contribution is -0.142. The van der Waals surface area contributed by atoms with Crippen molar-refractivity contribution >= 4 is 34.6 Å². The molecule has 0 saturated heterocycles. The number of aromatic nitrogens is 1. The zero-order valence-corrected chi connectivity index (χ0v) is 21.8. The van der Waals surface area contributed by atoms with Crippen LogP contribution in [0.25, 0.3) is 10.9 Å². The number of aliphatic carboxylic acids is 1. The van der Waals surface area contributed by atoms with Gasteiger partial charge in [0, 0.05) is 23.5 Å². The summed E-state index contributed by atoms with van der Waals surface area (Å²) in [6.07, 6.45) is 2.65. The van der Waals surface area contributed by atoms with E-state index in [4.69, 9.17) is 5.73 Å². The smallest absolute Gasteiger partial charge is 0.326 e. The maximum Gasteiger partial charge on any atom is 0.326 e. The summed E-state index contributed by atoms with van der Waals surface area (Å²) < 4.78 is 0. The van der Waals surface area contributed by atoms with Crippen LogP contribution < -0.4 is 21.7 Å². The fraction of sp³-hybridized carbons (Fsp3) is 0.538. The number of H-pyrrole nitrogens is 1. The van der Waals surface area contributed by atoms with Gasteiger partial charge < -0.3 is 36.9 Å². The van der Waals surface area contributed by atoms with E-state index in [0.29, 0.717) is 12.0 Å². The standard InChI is InChI=1S/C26H39N5O6/c1-5-15(4)22(27)25(35)29-19(10-14(2)3)23(33)31-21(13-32)24(34)30-20(26(36)37)11-16-12-28-18-9-7-6-8-17(16)18/h6-9,12,14-15,19-22,28,32H,5,10-11,13,27H2,1-4H3,(H,29,35)(H,30,34)(H,31,33)(H,36,37). The summed E-state index contributed by atoms with van der Waals surface area (Å²) in [4.78, 5) is 53.4. The van der Waals surface area contributed by atoms with Gasteiger partial charge in [-0.2, -0.15) is 0 Å². The second-order valence-corrected chi connectivity index (χ2v) is 9.81. The van der Waals surface area contributed by atoms with Crippen molar-refractivity contribution in [2.24, 2.45) is 17.6 Å². The van der Waals surface area contributed by atoms with Crippen LogP contribution in [-0.2, 0) is 25.6 Å². The van der Waals surface area contributed by atoms with Gasteiger partial charge in [-0.3, -0.25) is 14.4 Å². The largest absolute Gasteiger partial charge is 0.480 e. The van der Waals surface area contributed by atoms with Gasteiger partial charge in [-0.1, -0.05) is 52.3 Å². The Labute approximate surface area is 216 Å². The van der Waals surface area contributed by atoms with Gasteiger partial charge >= 0.3 is 5.97 Å². The minimum atomic E-state index is -1.41. The number of nitrogens with one attached hydrogen (secondary N) is 4. The van der Waals surface area contributed by atoms with Crippen molar-refractivity contribution in [3.05, 3.63) is 36.0 Å². The molecule has 37 heavy (non-hydrogen) atoms. The molecule has 0 aliphatic carbocycles. The van der Waals surface area contributed by atoms with Crippen LogP contribution in [0.2, 0.25) is 0 Å². The summed E-state index contributed by atoms with van der Waals surface area (Å²) in [5.41, 5.74) is 7.53. The molecular formula is C26H39N5O6. The molecule has 11 nitrogen and oxygen atoms in total. The first kappa shape index (κ1) is 29.8. The minimum Gasteiger partial charge on any atom is -0.480 e. The second-order valence-electron chi connectivity index (χ2n) is 9.81. The number of aliphatic hydroxyl groups excluding tert-OH is 1. The molecule has 0 aliphatic heterocycles. The van der Waals surface area contributed by atoms with Crippen LogP contribution in [0.1, 0.15) is 46.1 Å². The topological polar surface area (TPSA) is 187 Å². The summed E-state index contributed by atoms with van der Waals surface area (Å²) in [6, 6.07) is 2.89. The van der Waals surface area contributed by atoms with Crippen molar-refractivity contribution in [2.45, 2.75) is 71.1 Å². The highest BCUT2D eigenvalue weighted by Crippen LogP contribution is 2.19. The summed E-state index contributed by atoms with van der Waals surface area (Å²) in [7, 11) is 0. The van der Waals surface area contributed by atoms with Crippen LogP contribution in [0.15, 0.2) is 30.5 Å². The number of carboxylic acid groups (broad SMARTS) is 1. The molecule has 1 aromatic carbocycles. The summed E-state index contributed by atoms with van der Waals surface area (Å²) in [5.74, 6) is -3.32. The minimum absolute atomic E-state index is 0.00326. The SMILES string of the molecule is CCC(C)C(N)C(=O)NC(CC(C)C)C(=O)NC(CO)C(=O)NC(Cc1c[nH]c2ccccc12)C(=O)O. The van der Waals surface area contributed by atoms with Crippen molar-refractivity contribution in [1.29, 1.82) is 0 Å². The van der Waals surface area contributed by atoms with E-state index in [1.165, 1.54) is 0 Å². The lowest BCUT2D eigenvalue weighted by Crippen LogP contribution is -2.58. The maximum atomic E-state index is 13.0. The molecule has 11 heteroatoms. The Morgan fingerprint density at radius 3 is 2.14 bits per heavy atom. The fourth-order valence-electron chi connectivity index (χ4n) is 3.94. The van der Waals surface area contributed by atoms with E-state index in [0.717, 1.165) is 10.9 Å². The van der Waals surface area contributed by atoms with E-state index >= 15 is 0 Å². The fourth-order valence-corrected chi connectivity index (χ4v) is 3.94. The van der Waals surface area contributed by atoms with Gasteiger partial charge in [-0.05, 0) is 29.9 Å². The summed E-state index contributed by atoms with van der Waals surface area (Å²) >= 11 is 0. The van der Waals surface area contributed by atoms with Crippen LogP contribution in [0.5, 0.6) is 0 Å². The number of rotatable bonds is 14. The zero-order chi connectivity index (χ0) is 27.7. The Balaban J connectivity index is 2.10. The molecule has 0 spiro atoms. The van der Waals surface area contributed by atoms with Gasteiger partial charge in [-0.25, -0.2) is 4.79 Å². The third-order valence-electron chi connectivity index (χ3n) is 6.43. The number of benzene rings is 1. The number of para-hydroxylation sites is 1. The van der Waals surface area contributed by atoms with Crippen molar-refractivity contribution in [1.82, 2.24) is 20.9 Å². The highest BCUT2D eigenvalue weighted by molar-refractivity contribution is 5.94. The molecule has 2 aromatic rings. The molecule has 204 valence electrons. The van der Waals surface area contributed by atoms with E-state index in [9.17, 15) is 29.4 Å². The van der Waals surface area contributed by atoms with Gasteiger partial charge in [-0.15, -0.1) is 0 Å². The zero-order valence-electron chi connectivity index (χ0n) is 21.8. The molecular weight excluding hydrogens is 478 g/mol. The van der Waals surface area contributed by atoms with Crippen molar-refractivity contribution in [2.75, 3.05) is 6.61 Å². The third-order valence-corrected chi connectivity index (χ3v) is 6.43. The maximum absolute atomic E-state index is 13.0. The lowest BCUT2D eigenvalue weighted by atomic mass is 9.97. The highest BCUT2D eigenvalue weighted by atomic mass is 16.4. The Morgan fingerprint density at radius 1 is 0.946 bits per heavy atom.